The largest absolute Gasteiger partial charge is 0.336 e. The first-order valence-corrected chi connectivity index (χ1v) is 6.89. The van der Waals surface area contributed by atoms with Gasteiger partial charge >= 0.3 is 0 Å². The molecule has 0 N–H and O–H groups in total. The van der Waals surface area contributed by atoms with Crippen molar-refractivity contribution in [3.8, 4) is 0 Å². The molecule has 5 nitrogen and oxygen atoms in total. The average molecular weight is 272 g/mol. The summed E-state index contributed by atoms with van der Waals surface area (Å²) in [4.78, 5) is 16.8. The number of likely N-dealkylation sites (tertiary alicyclic amines) is 1. The first-order valence-electron chi connectivity index (χ1n) is 6.89. The highest BCUT2D eigenvalue weighted by molar-refractivity contribution is 5.79. The molecule has 106 valence electrons. The van der Waals surface area contributed by atoms with Gasteiger partial charge in [-0.2, -0.15) is 0 Å². The molecular weight excluding hydrogens is 252 g/mol. The number of aryl methyl sites for hydroxylation is 2. The van der Waals surface area contributed by atoms with Crippen LogP contribution in [-0.2, 0) is 4.79 Å². The molecule has 0 spiro atoms. The molecule has 5 heteroatoms. The van der Waals surface area contributed by atoms with Gasteiger partial charge in [-0.05, 0) is 37.8 Å². The lowest BCUT2D eigenvalue weighted by Gasteiger charge is -2.26. The van der Waals surface area contributed by atoms with Crippen LogP contribution in [0.2, 0.25) is 0 Å². The van der Waals surface area contributed by atoms with Gasteiger partial charge in [0.1, 0.15) is 0 Å². The zero-order valence-corrected chi connectivity index (χ0v) is 12.2. The average Bonchev–Trinajstić information content (AvgIpc) is 2.75. The molecule has 1 amide bonds. The summed E-state index contributed by atoms with van der Waals surface area (Å²) in [5.41, 5.74) is 12.0. The van der Waals surface area contributed by atoms with Crippen molar-refractivity contribution in [2.45, 2.75) is 33.2 Å². The van der Waals surface area contributed by atoms with Crippen LogP contribution in [0.5, 0.6) is 0 Å². The second kappa shape index (κ2) is 5.97. The summed E-state index contributed by atoms with van der Waals surface area (Å²) in [7, 11) is 0. The van der Waals surface area contributed by atoms with Crippen LogP contribution in [0.4, 0.5) is 0 Å². The zero-order chi connectivity index (χ0) is 14.7. The van der Waals surface area contributed by atoms with Gasteiger partial charge in [0.15, 0.2) is 0 Å². The number of rotatable bonds is 4. The molecule has 1 fully saturated rings. The molecule has 1 aliphatic heterocycles. The fourth-order valence-electron chi connectivity index (χ4n) is 2.89. The number of hydrogen-bond donors (Lipinski definition) is 0. The summed E-state index contributed by atoms with van der Waals surface area (Å²) in [6.45, 7) is 7.27. The van der Waals surface area contributed by atoms with Crippen molar-refractivity contribution >= 4 is 5.91 Å². The fraction of sp³-hybridized carbons (Fsp3) is 0.533. The maximum Gasteiger partial charge on any atom is 0.223 e. The van der Waals surface area contributed by atoms with Crippen molar-refractivity contribution in [3.63, 3.8) is 0 Å². The predicted molar refractivity (Wildman–Crippen MR) is 78.2 cm³/mol. The van der Waals surface area contributed by atoms with Gasteiger partial charge in [-0.3, -0.25) is 4.79 Å². The highest BCUT2D eigenvalue weighted by atomic mass is 16.2. The van der Waals surface area contributed by atoms with E-state index in [0.717, 1.165) is 0 Å². The standard InChI is InChI=1S/C15H20N4O/c1-10-4-11(2)6-14(5-10)12(3)19-9-13(7-15(19)20)8-17-18-16/h4-6,12-13H,7-9H2,1-3H3. The minimum Gasteiger partial charge on any atom is -0.336 e. The summed E-state index contributed by atoms with van der Waals surface area (Å²) < 4.78 is 0. The Hall–Kier alpha value is -2.00. The van der Waals surface area contributed by atoms with Gasteiger partial charge < -0.3 is 4.90 Å². The van der Waals surface area contributed by atoms with Gasteiger partial charge in [-0.25, -0.2) is 0 Å². The van der Waals surface area contributed by atoms with Crippen LogP contribution in [0.1, 0.15) is 36.1 Å². The first-order chi connectivity index (χ1) is 9.51. The monoisotopic (exact) mass is 272 g/mol. The van der Waals surface area contributed by atoms with Crippen molar-refractivity contribution < 1.29 is 4.79 Å². The van der Waals surface area contributed by atoms with Gasteiger partial charge in [0.2, 0.25) is 5.91 Å². The lowest BCUT2D eigenvalue weighted by atomic mass is 10.0. The maximum absolute atomic E-state index is 12.1. The van der Waals surface area contributed by atoms with Crippen molar-refractivity contribution in [3.05, 3.63) is 45.3 Å². The van der Waals surface area contributed by atoms with E-state index in [9.17, 15) is 4.79 Å². The molecule has 0 radical (unpaired) electrons. The van der Waals surface area contributed by atoms with E-state index in [2.05, 4.69) is 49.0 Å². The third-order valence-electron chi connectivity index (χ3n) is 3.84. The third-order valence-corrected chi connectivity index (χ3v) is 3.84. The molecule has 0 saturated carbocycles. The van der Waals surface area contributed by atoms with E-state index in [-0.39, 0.29) is 17.9 Å². The smallest absolute Gasteiger partial charge is 0.223 e. The van der Waals surface area contributed by atoms with Crippen LogP contribution in [0, 0.1) is 19.8 Å². The molecule has 1 aliphatic rings. The second-order valence-corrected chi connectivity index (χ2v) is 5.63. The first kappa shape index (κ1) is 14.4. The van der Waals surface area contributed by atoms with E-state index in [4.69, 9.17) is 5.53 Å². The van der Waals surface area contributed by atoms with Crippen molar-refractivity contribution in [2.75, 3.05) is 13.1 Å². The number of nitrogens with zero attached hydrogens (tertiary/aromatic N) is 4. The van der Waals surface area contributed by atoms with E-state index in [1.54, 1.807) is 0 Å². The minimum atomic E-state index is 0.0668. The van der Waals surface area contributed by atoms with E-state index >= 15 is 0 Å². The van der Waals surface area contributed by atoms with Crippen LogP contribution in [0.25, 0.3) is 10.4 Å². The zero-order valence-electron chi connectivity index (χ0n) is 12.2. The van der Waals surface area contributed by atoms with E-state index in [1.165, 1.54) is 16.7 Å². The molecule has 1 heterocycles. The Balaban J connectivity index is 2.14. The molecule has 2 unspecified atom stereocenters. The van der Waals surface area contributed by atoms with Gasteiger partial charge in [0.25, 0.3) is 0 Å². The Kier molecular flexibility index (Phi) is 4.30. The number of amides is 1. The molecule has 0 aromatic heterocycles. The summed E-state index contributed by atoms with van der Waals surface area (Å²) >= 11 is 0. The number of azide groups is 1. The molecule has 1 saturated heterocycles. The Morgan fingerprint density at radius 3 is 2.65 bits per heavy atom. The van der Waals surface area contributed by atoms with E-state index < -0.39 is 0 Å². The van der Waals surface area contributed by atoms with E-state index in [1.807, 2.05) is 4.90 Å². The van der Waals surface area contributed by atoms with Gasteiger partial charge in [0, 0.05) is 24.4 Å². The van der Waals surface area contributed by atoms with Crippen LogP contribution in [-0.4, -0.2) is 23.9 Å². The third kappa shape index (κ3) is 3.11. The minimum absolute atomic E-state index is 0.0668. The van der Waals surface area contributed by atoms with Crippen molar-refractivity contribution in [1.29, 1.82) is 0 Å². The molecule has 1 aromatic rings. The molecule has 1 aromatic carbocycles. The lowest BCUT2D eigenvalue weighted by molar-refractivity contribution is -0.129. The lowest BCUT2D eigenvalue weighted by Crippen LogP contribution is -2.28. The highest BCUT2D eigenvalue weighted by Gasteiger charge is 2.32. The van der Waals surface area contributed by atoms with Gasteiger partial charge in [-0.1, -0.05) is 34.4 Å². The van der Waals surface area contributed by atoms with Crippen molar-refractivity contribution in [1.82, 2.24) is 4.90 Å². The van der Waals surface area contributed by atoms with Crippen LogP contribution < -0.4 is 0 Å². The molecule has 0 aliphatic carbocycles. The van der Waals surface area contributed by atoms with E-state index in [0.29, 0.717) is 19.5 Å². The molecule has 0 bridgehead atoms. The quantitative estimate of drug-likeness (QED) is 0.469. The van der Waals surface area contributed by atoms with Crippen LogP contribution in [0.15, 0.2) is 23.3 Å². The SMILES string of the molecule is Cc1cc(C)cc(C(C)N2CC(CN=[N+]=[N-])CC2=O)c1. The number of carbonyl (C=O) groups is 1. The summed E-state index contributed by atoms with van der Waals surface area (Å²) in [6.07, 6.45) is 0.480. The highest BCUT2D eigenvalue weighted by Crippen LogP contribution is 2.29. The Morgan fingerprint density at radius 1 is 1.40 bits per heavy atom. The molecule has 20 heavy (non-hydrogen) atoms. The number of carbonyl (C=O) groups excluding carboxylic acids is 1. The fourth-order valence-corrected chi connectivity index (χ4v) is 2.89. The number of hydrogen-bond acceptors (Lipinski definition) is 2. The summed E-state index contributed by atoms with van der Waals surface area (Å²) in [6, 6.07) is 6.46. The van der Waals surface area contributed by atoms with Crippen LogP contribution in [0.3, 0.4) is 0 Å². The predicted octanol–water partition coefficient (Wildman–Crippen LogP) is 3.52. The maximum atomic E-state index is 12.1. The molecular formula is C15H20N4O. The second-order valence-electron chi connectivity index (χ2n) is 5.63. The topological polar surface area (TPSA) is 69.1 Å². The van der Waals surface area contributed by atoms with Gasteiger partial charge in [-0.15, -0.1) is 0 Å². The normalized spacial score (nSPS) is 19.9. The molecule has 2 rings (SSSR count). The van der Waals surface area contributed by atoms with Crippen molar-refractivity contribution in [2.24, 2.45) is 11.0 Å². The Bertz CT molecular complexity index is 543. The summed E-state index contributed by atoms with van der Waals surface area (Å²) in [5, 5.41) is 3.58. The van der Waals surface area contributed by atoms with Crippen LogP contribution >= 0.6 is 0 Å². The summed E-state index contributed by atoms with van der Waals surface area (Å²) in [5.74, 6) is 0.293. The van der Waals surface area contributed by atoms with Gasteiger partial charge in [0.05, 0.1) is 6.04 Å². The molecule has 2 atom stereocenters. The number of benzene rings is 1. The Labute approximate surface area is 119 Å². The Morgan fingerprint density at radius 2 is 2.05 bits per heavy atom.